The first kappa shape index (κ1) is 17.0. The van der Waals surface area contributed by atoms with E-state index in [1.54, 1.807) is 36.0 Å². The molecule has 0 fully saturated rings. The van der Waals surface area contributed by atoms with Gasteiger partial charge in [0, 0.05) is 15.8 Å². The highest BCUT2D eigenvalue weighted by molar-refractivity contribution is 7.98. The molecule has 0 spiro atoms. The van der Waals surface area contributed by atoms with Crippen molar-refractivity contribution in [3.8, 4) is 11.5 Å². The van der Waals surface area contributed by atoms with Crippen LogP contribution < -0.4 is 10.9 Å². The number of rotatable bonds is 4. The molecule has 0 aliphatic heterocycles. The fourth-order valence-corrected chi connectivity index (χ4v) is 2.92. The summed E-state index contributed by atoms with van der Waals surface area (Å²) in [7, 11) is 0. The summed E-state index contributed by atoms with van der Waals surface area (Å²) >= 11 is 1.62. The van der Waals surface area contributed by atoms with Crippen LogP contribution in [0.15, 0.2) is 73.1 Å². The first-order chi connectivity index (χ1) is 13.1. The fraction of sp³-hybridized carbons (Fsp3) is 0.0526. The van der Waals surface area contributed by atoms with Gasteiger partial charge in [-0.15, -0.1) is 16.9 Å². The van der Waals surface area contributed by atoms with E-state index in [4.69, 9.17) is 8.83 Å². The summed E-state index contributed by atoms with van der Waals surface area (Å²) in [5, 5.41) is 10.8. The van der Waals surface area contributed by atoms with Crippen LogP contribution in [0.1, 0.15) is 10.4 Å². The Morgan fingerprint density at radius 1 is 1.04 bits per heavy atom. The molecule has 0 radical (unpaired) electrons. The Labute approximate surface area is 157 Å². The summed E-state index contributed by atoms with van der Waals surface area (Å²) in [6.07, 6.45) is 1.98. The van der Waals surface area contributed by atoms with Gasteiger partial charge in [-0.05, 0) is 42.7 Å². The molecular formula is C19H13N3O4S. The van der Waals surface area contributed by atoms with Gasteiger partial charge in [0.25, 0.3) is 5.91 Å². The van der Waals surface area contributed by atoms with E-state index in [2.05, 4.69) is 15.5 Å². The van der Waals surface area contributed by atoms with E-state index in [9.17, 15) is 9.59 Å². The van der Waals surface area contributed by atoms with Gasteiger partial charge in [-0.1, -0.05) is 23.3 Å². The zero-order chi connectivity index (χ0) is 18.8. The number of benzene rings is 2. The van der Waals surface area contributed by atoms with Crippen molar-refractivity contribution in [1.29, 1.82) is 0 Å². The number of fused-ring (bicyclic) bond motifs is 1. The molecule has 2 aromatic heterocycles. The largest absolute Gasteiger partial charge is 0.422 e. The smallest absolute Gasteiger partial charge is 0.349 e. The van der Waals surface area contributed by atoms with Crippen LogP contribution in [-0.4, -0.2) is 22.4 Å². The maximum Gasteiger partial charge on any atom is 0.349 e. The number of hydrogen-bond acceptors (Lipinski definition) is 7. The van der Waals surface area contributed by atoms with E-state index in [0.29, 0.717) is 11.0 Å². The Morgan fingerprint density at radius 3 is 2.59 bits per heavy atom. The van der Waals surface area contributed by atoms with Crippen molar-refractivity contribution >= 4 is 34.7 Å². The minimum Gasteiger partial charge on any atom is -0.422 e. The summed E-state index contributed by atoms with van der Waals surface area (Å²) in [6, 6.07) is 15.9. The maximum atomic E-state index is 12.4. The Kier molecular flexibility index (Phi) is 4.47. The van der Waals surface area contributed by atoms with Crippen molar-refractivity contribution in [3.05, 3.63) is 70.6 Å². The molecule has 1 N–H and O–H groups in total. The lowest BCUT2D eigenvalue weighted by Crippen LogP contribution is -2.20. The van der Waals surface area contributed by atoms with E-state index < -0.39 is 11.5 Å². The molecular weight excluding hydrogens is 366 g/mol. The third kappa shape index (κ3) is 3.47. The number of aromatic nitrogens is 2. The van der Waals surface area contributed by atoms with Crippen LogP contribution in [0.5, 0.6) is 0 Å². The first-order valence-electron chi connectivity index (χ1n) is 7.96. The summed E-state index contributed by atoms with van der Waals surface area (Å²) in [5.41, 5.74) is 0.259. The van der Waals surface area contributed by atoms with Gasteiger partial charge in [0.1, 0.15) is 11.1 Å². The molecule has 0 unspecified atom stereocenters. The average Bonchev–Trinajstić information content (AvgIpc) is 3.16. The van der Waals surface area contributed by atoms with Crippen LogP contribution in [0, 0.1) is 0 Å². The summed E-state index contributed by atoms with van der Waals surface area (Å²) in [4.78, 5) is 25.6. The first-order valence-corrected chi connectivity index (χ1v) is 9.19. The second-order valence-corrected chi connectivity index (χ2v) is 6.46. The average molecular weight is 379 g/mol. The van der Waals surface area contributed by atoms with E-state index in [0.717, 1.165) is 10.5 Å². The minimum atomic E-state index is -0.737. The van der Waals surface area contributed by atoms with Crippen LogP contribution >= 0.6 is 11.8 Å². The highest BCUT2D eigenvalue weighted by Gasteiger charge is 2.17. The van der Waals surface area contributed by atoms with Crippen LogP contribution in [-0.2, 0) is 0 Å². The van der Waals surface area contributed by atoms with E-state index >= 15 is 0 Å². The zero-order valence-corrected chi connectivity index (χ0v) is 14.9. The Morgan fingerprint density at radius 2 is 1.81 bits per heavy atom. The van der Waals surface area contributed by atoms with Crippen LogP contribution in [0.2, 0.25) is 0 Å². The summed E-state index contributed by atoms with van der Waals surface area (Å²) in [6.45, 7) is 0. The number of nitrogens with one attached hydrogen (secondary N) is 1. The monoisotopic (exact) mass is 379 g/mol. The molecule has 4 aromatic rings. The van der Waals surface area contributed by atoms with Gasteiger partial charge in [-0.25, -0.2) is 4.79 Å². The number of thioether (sulfide) groups is 1. The Bertz CT molecular complexity index is 1180. The molecule has 2 heterocycles. The molecule has 0 aliphatic carbocycles. The number of hydrogen-bond donors (Lipinski definition) is 1. The third-order valence-corrected chi connectivity index (χ3v) is 4.61. The Balaban J connectivity index is 1.57. The highest BCUT2D eigenvalue weighted by atomic mass is 32.2. The lowest BCUT2D eigenvalue weighted by molar-refractivity contribution is 0.102. The van der Waals surface area contributed by atoms with Gasteiger partial charge >= 0.3 is 11.6 Å². The van der Waals surface area contributed by atoms with Crippen LogP contribution in [0.25, 0.3) is 22.4 Å². The zero-order valence-electron chi connectivity index (χ0n) is 14.1. The van der Waals surface area contributed by atoms with Gasteiger partial charge in [-0.3, -0.25) is 10.1 Å². The van der Waals surface area contributed by atoms with Crippen molar-refractivity contribution in [2.75, 3.05) is 11.6 Å². The van der Waals surface area contributed by atoms with Crippen LogP contribution in [0.3, 0.4) is 0 Å². The predicted molar refractivity (Wildman–Crippen MR) is 102 cm³/mol. The molecule has 0 bridgehead atoms. The van der Waals surface area contributed by atoms with Gasteiger partial charge < -0.3 is 8.83 Å². The number of amides is 1. The van der Waals surface area contributed by atoms with E-state index in [1.165, 1.54) is 6.07 Å². The fourth-order valence-electron chi connectivity index (χ4n) is 2.51. The molecule has 4 rings (SSSR count). The molecule has 8 heteroatoms. The molecule has 0 saturated carbocycles. The molecule has 2 aromatic carbocycles. The topological polar surface area (TPSA) is 98.2 Å². The molecule has 0 atom stereocenters. The van der Waals surface area contributed by atoms with Gasteiger partial charge in [-0.2, -0.15) is 0 Å². The Hall–Kier alpha value is -3.39. The minimum absolute atomic E-state index is 0.100. The number of anilines is 1. The predicted octanol–water partition coefficient (Wildman–Crippen LogP) is 3.82. The highest BCUT2D eigenvalue weighted by Crippen LogP contribution is 2.23. The molecule has 27 heavy (non-hydrogen) atoms. The van der Waals surface area contributed by atoms with E-state index in [-0.39, 0.29) is 17.5 Å². The van der Waals surface area contributed by atoms with E-state index in [1.807, 2.05) is 30.5 Å². The van der Waals surface area contributed by atoms with Crippen molar-refractivity contribution in [2.24, 2.45) is 0 Å². The SMILES string of the molecule is CSc1ccc(-c2nnc(NC(=O)c3cc4ccccc4oc3=O)o2)cc1. The quantitative estimate of drug-likeness (QED) is 0.425. The lowest BCUT2D eigenvalue weighted by Gasteiger charge is -2.01. The second-order valence-electron chi connectivity index (χ2n) is 5.58. The third-order valence-electron chi connectivity index (χ3n) is 3.87. The van der Waals surface area contributed by atoms with Crippen molar-refractivity contribution in [3.63, 3.8) is 0 Å². The number of para-hydroxylation sites is 1. The molecule has 134 valence electrons. The lowest BCUT2D eigenvalue weighted by atomic mass is 10.2. The molecule has 0 aliphatic rings. The molecule has 7 nitrogen and oxygen atoms in total. The molecule has 1 amide bonds. The second kappa shape index (κ2) is 7.08. The van der Waals surface area contributed by atoms with Gasteiger partial charge in [0.15, 0.2) is 0 Å². The number of carbonyl (C=O) groups excluding carboxylic acids is 1. The maximum absolute atomic E-state index is 12.4. The van der Waals surface area contributed by atoms with Crippen molar-refractivity contribution in [1.82, 2.24) is 10.2 Å². The van der Waals surface area contributed by atoms with Crippen LogP contribution in [0.4, 0.5) is 6.01 Å². The summed E-state index contributed by atoms with van der Waals surface area (Å²) in [5.74, 6) is -0.411. The molecule has 0 saturated heterocycles. The van der Waals surface area contributed by atoms with Gasteiger partial charge in [0.05, 0.1) is 0 Å². The van der Waals surface area contributed by atoms with Gasteiger partial charge in [0.2, 0.25) is 5.89 Å². The van der Waals surface area contributed by atoms with Crippen molar-refractivity contribution < 1.29 is 13.6 Å². The number of nitrogens with zero attached hydrogens (tertiary/aromatic N) is 2. The summed E-state index contributed by atoms with van der Waals surface area (Å²) < 4.78 is 10.6. The number of carbonyl (C=O) groups is 1. The standard InChI is InChI=1S/C19H13N3O4S/c1-27-13-8-6-11(7-9-13)17-21-22-19(26-17)20-16(23)14-10-12-4-2-3-5-15(12)25-18(14)24/h2-10H,1H3,(H,20,22,23). The van der Waals surface area contributed by atoms with Crippen molar-refractivity contribution in [2.45, 2.75) is 4.90 Å². The normalized spacial score (nSPS) is 10.9.